The van der Waals surface area contributed by atoms with Gasteiger partial charge in [0.2, 0.25) is 0 Å². The van der Waals surface area contributed by atoms with Gasteiger partial charge in [-0.05, 0) is 29.9 Å². The molecule has 1 aliphatic carbocycles. The van der Waals surface area contributed by atoms with E-state index in [-0.39, 0.29) is 0 Å². The Bertz CT molecular complexity index is 548. The Morgan fingerprint density at radius 2 is 2.21 bits per heavy atom. The van der Waals surface area contributed by atoms with E-state index >= 15 is 0 Å². The molecule has 0 saturated heterocycles. The molecule has 0 bridgehead atoms. The standard InChI is InChI=1S/C16H19NO2/c1-9(2)14-11-6-3-5-10(11)12-7-4-8-13(16(18)19)15(12)17-14/h3-5,7-11,14,17H,6H2,1-2H3,(H,18,19)/t10-,11+,14+/m1/s1. The highest BCUT2D eigenvalue weighted by atomic mass is 16.4. The zero-order chi connectivity index (χ0) is 13.6. The van der Waals surface area contributed by atoms with Crippen LogP contribution in [0.15, 0.2) is 30.4 Å². The van der Waals surface area contributed by atoms with E-state index in [1.54, 1.807) is 6.07 Å². The van der Waals surface area contributed by atoms with Gasteiger partial charge in [0.05, 0.1) is 11.3 Å². The van der Waals surface area contributed by atoms with E-state index in [4.69, 9.17) is 0 Å². The fourth-order valence-electron chi connectivity index (χ4n) is 3.50. The molecule has 0 fully saturated rings. The lowest BCUT2D eigenvalue weighted by molar-refractivity contribution is 0.0697. The first-order chi connectivity index (χ1) is 9.09. The third-order valence-corrected chi connectivity index (χ3v) is 4.39. The average molecular weight is 257 g/mol. The van der Waals surface area contributed by atoms with Crippen LogP contribution in [0.4, 0.5) is 5.69 Å². The molecule has 1 aliphatic heterocycles. The minimum absolute atomic E-state index is 0.341. The van der Waals surface area contributed by atoms with E-state index in [2.05, 4.69) is 37.4 Å². The van der Waals surface area contributed by atoms with Crippen molar-refractivity contribution in [3.63, 3.8) is 0 Å². The molecular formula is C16H19NO2. The quantitative estimate of drug-likeness (QED) is 0.797. The second-order valence-corrected chi connectivity index (χ2v) is 5.84. The van der Waals surface area contributed by atoms with E-state index in [0.717, 1.165) is 17.7 Å². The van der Waals surface area contributed by atoms with Crippen molar-refractivity contribution >= 4 is 11.7 Å². The second-order valence-electron chi connectivity index (χ2n) is 5.84. The highest BCUT2D eigenvalue weighted by molar-refractivity contribution is 5.95. The maximum atomic E-state index is 11.4. The van der Waals surface area contributed by atoms with Gasteiger partial charge in [-0.1, -0.05) is 38.1 Å². The lowest BCUT2D eigenvalue weighted by Gasteiger charge is -2.40. The molecule has 0 saturated carbocycles. The molecule has 1 heterocycles. The van der Waals surface area contributed by atoms with Gasteiger partial charge < -0.3 is 10.4 Å². The molecule has 0 spiro atoms. The largest absolute Gasteiger partial charge is 0.478 e. The number of hydrogen-bond donors (Lipinski definition) is 2. The summed E-state index contributed by atoms with van der Waals surface area (Å²) in [4.78, 5) is 11.4. The predicted molar refractivity (Wildman–Crippen MR) is 75.6 cm³/mol. The first kappa shape index (κ1) is 12.3. The molecule has 2 aliphatic rings. The zero-order valence-electron chi connectivity index (χ0n) is 11.3. The Labute approximate surface area is 113 Å². The van der Waals surface area contributed by atoms with Crippen molar-refractivity contribution in [3.8, 4) is 0 Å². The summed E-state index contributed by atoms with van der Waals surface area (Å²) in [5.41, 5.74) is 2.35. The molecule has 0 unspecified atom stereocenters. The van der Waals surface area contributed by atoms with Crippen molar-refractivity contribution in [2.24, 2.45) is 11.8 Å². The minimum atomic E-state index is -0.854. The van der Waals surface area contributed by atoms with E-state index in [0.29, 0.717) is 29.4 Å². The highest BCUT2D eigenvalue weighted by Gasteiger charge is 2.39. The molecule has 0 amide bonds. The van der Waals surface area contributed by atoms with Crippen LogP contribution in [-0.4, -0.2) is 17.1 Å². The van der Waals surface area contributed by atoms with Crippen LogP contribution in [0.1, 0.15) is 42.1 Å². The third kappa shape index (κ3) is 1.84. The van der Waals surface area contributed by atoms with Gasteiger partial charge in [-0.2, -0.15) is 0 Å². The number of aromatic carboxylic acids is 1. The molecule has 19 heavy (non-hydrogen) atoms. The van der Waals surface area contributed by atoms with Crippen LogP contribution >= 0.6 is 0 Å². The van der Waals surface area contributed by atoms with Gasteiger partial charge in [-0.3, -0.25) is 0 Å². The maximum Gasteiger partial charge on any atom is 0.337 e. The smallest absolute Gasteiger partial charge is 0.337 e. The molecule has 2 N–H and O–H groups in total. The number of carboxylic acid groups (broad SMARTS) is 1. The fourth-order valence-corrected chi connectivity index (χ4v) is 3.50. The van der Waals surface area contributed by atoms with Gasteiger partial charge in [0.25, 0.3) is 0 Å². The monoisotopic (exact) mass is 257 g/mol. The van der Waals surface area contributed by atoms with Gasteiger partial charge in [-0.15, -0.1) is 0 Å². The van der Waals surface area contributed by atoms with E-state index < -0.39 is 5.97 Å². The van der Waals surface area contributed by atoms with Crippen molar-refractivity contribution in [1.29, 1.82) is 0 Å². The Morgan fingerprint density at radius 3 is 2.89 bits per heavy atom. The topological polar surface area (TPSA) is 49.3 Å². The number of nitrogens with one attached hydrogen (secondary N) is 1. The molecular weight excluding hydrogens is 238 g/mol. The highest BCUT2D eigenvalue weighted by Crippen LogP contribution is 2.47. The summed E-state index contributed by atoms with van der Waals surface area (Å²) in [6.45, 7) is 4.39. The Balaban J connectivity index is 2.13. The fraction of sp³-hybridized carbons (Fsp3) is 0.438. The number of hydrogen-bond acceptors (Lipinski definition) is 2. The number of fused-ring (bicyclic) bond motifs is 3. The van der Waals surface area contributed by atoms with E-state index in [9.17, 15) is 9.90 Å². The van der Waals surface area contributed by atoms with Crippen molar-refractivity contribution in [3.05, 3.63) is 41.5 Å². The van der Waals surface area contributed by atoms with Crippen LogP contribution < -0.4 is 5.32 Å². The minimum Gasteiger partial charge on any atom is -0.478 e. The summed E-state index contributed by atoms with van der Waals surface area (Å²) in [7, 11) is 0. The van der Waals surface area contributed by atoms with E-state index in [1.807, 2.05) is 6.07 Å². The molecule has 3 atom stereocenters. The summed E-state index contributed by atoms with van der Waals surface area (Å²) in [5, 5.41) is 12.8. The molecule has 1 aromatic carbocycles. The predicted octanol–water partition coefficient (Wildman–Crippen LogP) is 3.49. The maximum absolute atomic E-state index is 11.4. The van der Waals surface area contributed by atoms with Gasteiger partial charge >= 0.3 is 5.97 Å². The van der Waals surface area contributed by atoms with E-state index in [1.165, 1.54) is 0 Å². The van der Waals surface area contributed by atoms with Crippen LogP contribution in [0.3, 0.4) is 0 Å². The Morgan fingerprint density at radius 1 is 1.42 bits per heavy atom. The van der Waals surface area contributed by atoms with Crippen LogP contribution in [0.25, 0.3) is 0 Å². The normalized spacial score (nSPS) is 27.8. The van der Waals surface area contributed by atoms with Crippen molar-refractivity contribution < 1.29 is 9.90 Å². The van der Waals surface area contributed by atoms with Gasteiger partial charge in [-0.25, -0.2) is 4.79 Å². The van der Waals surface area contributed by atoms with Gasteiger partial charge in [0.1, 0.15) is 0 Å². The van der Waals surface area contributed by atoms with Crippen LogP contribution in [-0.2, 0) is 0 Å². The molecule has 3 heteroatoms. The summed E-state index contributed by atoms with van der Waals surface area (Å²) in [6.07, 6.45) is 5.55. The molecule has 3 rings (SSSR count). The van der Waals surface area contributed by atoms with Crippen LogP contribution in [0.5, 0.6) is 0 Å². The summed E-state index contributed by atoms with van der Waals surface area (Å²) in [5.74, 6) is 0.550. The number of benzene rings is 1. The number of carbonyl (C=O) groups is 1. The lowest BCUT2D eigenvalue weighted by Crippen LogP contribution is -2.40. The molecule has 1 aromatic rings. The van der Waals surface area contributed by atoms with Crippen LogP contribution in [0, 0.1) is 11.8 Å². The average Bonchev–Trinajstić information content (AvgIpc) is 2.85. The summed E-state index contributed by atoms with van der Waals surface area (Å²) >= 11 is 0. The number of allylic oxidation sites excluding steroid dienone is 2. The number of rotatable bonds is 2. The number of anilines is 1. The van der Waals surface area contributed by atoms with Gasteiger partial charge in [0, 0.05) is 12.0 Å². The molecule has 0 aromatic heterocycles. The number of carboxylic acids is 1. The summed E-state index contributed by atoms with van der Waals surface area (Å²) < 4.78 is 0. The van der Waals surface area contributed by atoms with Crippen molar-refractivity contribution in [1.82, 2.24) is 0 Å². The second kappa shape index (κ2) is 4.41. The van der Waals surface area contributed by atoms with Crippen molar-refractivity contribution in [2.75, 3.05) is 5.32 Å². The molecule has 0 radical (unpaired) electrons. The number of para-hydroxylation sites is 1. The molecule has 3 nitrogen and oxygen atoms in total. The first-order valence-electron chi connectivity index (χ1n) is 6.89. The summed E-state index contributed by atoms with van der Waals surface area (Å²) in [6, 6.07) is 5.93. The zero-order valence-corrected chi connectivity index (χ0v) is 11.3. The van der Waals surface area contributed by atoms with Crippen LogP contribution in [0.2, 0.25) is 0 Å². The first-order valence-corrected chi connectivity index (χ1v) is 6.89. The SMILES string of the molecule is CC(C)[C@@H]1Nc2c(C(=O)O)cccc2[C@@H]2C=CC[C@@H]21. The van der Waals surface area contributed by atoms with Gasteiger partial charge in [0.15, 0.2) is 0 Å². The van der Waals surface area contributed by atoms with Crippen molar-refractivity contribution in [2.45, 2.75) is 32.2 Å². The molecule has 100 valence electrons. The lowest BCUT2D eigenvalue weighted by atomic mass is 9.75. The Kier molecular flexibility index (Phi) is 2.85. The Hall–Kier alpha value is -1.77. The third-order valence-electron chi connectivity index (χ3n) is 4.39.